The molecule has 16 heavy (non-hydrogen) atoms. The average Bonchev–Trinajstić information content (AvgIpc) is 2.29. The van der Waals surface area contributed by atoms with E-state index in [0.717, 1.165) is 18.1 Å². The van der Waals surface area contributed by atoms with Gasteiger partial charge in [-0.05, 0) is 40.3 Å². The van der Waals surface area contributed by atoms with Crippen LogP contribution in [0.5, 0.6) is 0 Å². The molecular weight excluding hydrogens is 198 g/mol. The van der Waals surface area contributed by atoms with Crippen molar-refractivity contribution >= 4 is 0 Å². The molecule has 2 aliphatic rings. The summed E-state index contributed by atoms with van der Waals surface area (Å²) in [5.74, 6) is 0. The number of hydrogen-bond donors (Lipinski definition) is 1. The number of piperazine rings is 1. The Kier molecular flexibility index (Phi) is 4.22. The van der Waals surface area contributed by atoms with Gasteiger partial charge in [0.25, 0.3) is 0 Å². The van der Waals surface area contributed by atoms with Gasteiger partial charge in [0.2, 0.25) is 0 Å². The lowest BCUT2D eigenvalue weighted by Crippen LogP contribution is -2.56. The van der Waals surface area contributed by atoms with Crippen LogP contribution in [-0.2, 0) is 0 Å². The van der Waals surface area contributed by atoms with Gasteiger partial charge < -0.3 is 10.2 Å². The molecule has 1 saturated heterocycles. The summed E-state index contributed by atoms with van der Waals surface area (Å²) in [6, 6.07) is 2.32. The summed E-state index contributed by atoms with van der Waals surface area (Å²) in [5.41, 5.74) is 0. The van der Waals surface area contributed by atoms with Crippen molar-refractivity contribution in [2.75, 3.05) is 33.7 Å². The van der Waals surface area contributed by atoms with E-state index < -0.39 is 0 Å². The van der Waals surface area contributed by atoms with E-state index >= 15 is 0 Å². The lowest BCUT2D eigenvalue weighted by Gasteiger charge is -2.45. The summed E-state index contributed by atoms with van der Waals surface area (Å²) >= 11 is 0. The molecule has 2 rings (SSSR count). The molecule has 1 saturated carbocycles. The minimum atomic E-state index is 0.736. The van der Waals surface area contributed by atoms with Crippen molar-refractivity contribution in [2.24, 2.45) is 0 Å². The van der Waals surface area contributed by atoms with Crippen molar-refractivity contribution in [3.63, 3.8) is 0 Å². The third kappa shape index (κ3) is 2.76. The average molecular weight is 225 g/mol. The Morgan fingerprint density at radius 2 is 2.00 bits per heavy atom. The van der Waals surface area contributed by atoms with Crippen molar-refractivity contribution in [1.82, 2.24) is 15.1 Å². The van der Waals surface area contributed by atoms with E-state index in [1.807, 2.05) is 0 Å². The van der Waals surface area contributed by atoms with Crippen molar-refractivity contribution < 1.29 is 0 Å². The molecule has 1 N–H and O–H groups in total. The molecule has 2 fully saturated rings. The van der Waals surface area contributed by atoms with Crippen molar-refractivity contribution in [1.29, 1.82) is 0 Å². The SMILES string of the molecule is CNC1CCCC(N2CCN(C)CC2C)C1. The molecule has 1 aliphatic heterocycles. The number of hydrogen-bond acceptors (Lipinski definition) is 3. The van der Waals surface area contributed by atoms with Crippen LogP contribution in [0.25, 0.3) is 0 Å². The van der Waals surface area contributed by atoms with Gasteiger partial charge in [-0.1, -0.05) is 6.42 Å². The second kappa shape index (κ2) is 5.48. The van der Waals surface area contributed by atoms with E-state index in [-0.39, 0.29) is 0 Å². The molecule has 0 radical (unpaired) electrons. The summed E-state index contributed by atoms with van der Waals surface area (Å²) < 4.78 is 0. The predicted octanol–water partition coefficient (Wildman–Crippen LogP) is 1.15. The van der Waals surface area contributed by atoms with Gasteiger partial charge in [-0.25, -0.2) is 0 Å². The lowest BCUT2D eigenvalue weighted by molar-refractivity contribution is 0.0403. The zero-order valence-corrected chi connectivity index (χ0v) is 11.1. The van der Waals surface area contributed by atoms with Gasteiger partial charge in [0, 0.05) is 37.8 Å². The third-order valence-corrected chi connectivity index (χ3v) is 4.41. The maximum absolute atomic E-state index is 3.46. The Morgan fingerprint density at radius 3 is 2.69 bits per heavy atom. The molecule has 94 valence electrons. The number of nitrogens with one attached hydrogen (secondary N) is 1. The molecule has 3 unspecified atom stereocenters. The molecule has 0 amide bonds. The highest BCUT2D eigenvalue weighted by atomic mass is 15.3. The van der Waals surface area contributed by atoms with E-state index in [0.29, 0.717) is 0 Å². The summed E-state index contributed by atoms with van der Waals surface area (Å²) in [6.45, 7) is 6.13. The molecule has 0 aromatic carbocycles. The Bertz CT molecular complexity index is 219. The van der Waals surface area contributed by atoms with Crippen LogP contribution in [0.4, 0.5) is 0 Å². The van der Waals surface area contributed by atoms with E-state index in [4.69, 9.17) is 0 Å². The molecule has 0 spiro atoms. The van der Waals surface area contributed by atoms with Crippen molar-refractivity contribution in [3.8, 4) is 0 Å². The molecule has 3 atom stereocenters. The predicted molar refractivity (Wildman–Crippen MR) is 68.8 cm³/mol. The summed E-state index contributed by atoms with van der Waals surface area (Å²) in [6.07, 6.45) is 5.53. The molecular formula is C13H27N3. The third-order valence-electron chi connectivity index (χ3n) is 4.41. The first-order chi connectivity index (χ1) is 7.70. The van der Waals surface area contributed by atoms with Crippen LogP contribution in [0.15, 0.2) is 0 Å². The number of nitrogens with zero attached hydrogens (tertiary/aromatic N) is 2. The van der Waals surface area contributed by atoms with Crippen LogP contribution in [0.1, 0.15) is 32.6 Å². The van der Waals surface area contributed by atoms with Crippen LogP contribution < -0.4 is 5.32 Å². The maximum Gasteiger partial charge on any atom is 0.0198 e. The summed E-state index contributed by atoms with van der Waals surface area (Å²) in [7, 11) is 4.35. The zero-order valence-electron chi connectivity index (χ0n) is 11.1. The van der Waals surface area contributed by atoms with Gasteiger partial charge in [-0.15, -0.1) is 0 Å². The normalized spacial score (nSPS) is 38.8. The molecule has 1 aliphatic carbocycles. The van der Waals surface area contributed by atoms with Gasteiger partial charge in [-0.3, -0.25) is 4.90 Å². The Labute approximate surface area is 100 Å². The summed E-state index contributed by atoms with van der Waals surface area (Å²) in [5, 5.41) is 3.46. The fourth-order valence-corrected chi connectivity index (χ4v) is 3.42. The van der Waals surface area contributed by atoms with Gasteiger partial charge in [0.1, 0.15) is 0 Å². The van der Waals surface area contributed by atoms with E-state index in [1.165, 1.54) is 45.3 Å². The van der Waals surface area contributed by atoms with Crippen LogP contribution >= 0.6 is 0 Å². The second-order valence-electron chi connectivity index (χ2n) is 5.66. The highest BCUT2D eigenvalue weighted by Gasteiger charge is 2.31. The minimum Gasteiger partial charge on any atom is -0.317 e. The first kappa shape index (κ1) is 12.3. The molecule has 0 bridgehead atoms. The van der Waals surface area contributed by atoms with Gasteiger partial charge in [0.15, 0.2) is 0 Å². The molecule has 0 aromatic heterocycles. The van der Waals surface area contributed by atoms with Crippen LogP contribution in [-0.4, -0.2) is 61.7 Å². The van der Waals surface area contributed by atoms with Gasteiger partial charge in [-0.2, -0.15) is 0 Å². The first-order valence-corrected chi connectivity index (χ1v) is 6.82. The van der Waals surface area contributed by atoms with Crippen LogP contribution in [0.3, 0.4) is 0 Å². The standard InChI is InChI=1S/C13H27N3/c1-11-10-15(3)7-8-16(11)13-6-4-5-12(9-13)14-2/h11-14H,4-10H2,1-3H3. The fourth-order valence-electron chi connectivity index (χ4n) is 3.42. The number of rotatable bonds is 2. The van der Waals surface area contributed by atoms with Gasteiger partial charge in [0.05, 0.1) is 0 Å². The smallest absolute Gasteiger partial charge is 0.0198 e. The van der Waals surface area contributed by atoms with Crippen LogP contribution in [0, 0.1) is 0 Å². The first-order valence-electron chi connectivity index (χ1n) is 6.82. The molecule has 3 nitrogen and oxygen atoms in total. The maximum atomic E-state index is 3.46. The Balaban J connectivity index is 1.90. The molecule has 3 heteroatoms. The topological polar surface area (TPSA) is 18.5 Å². The van der Waals surface area contributed by atoms with E-state index in [9.17, 15) is 0 Å². The van der Waals surface area contributed by atoms with Gasteiger partial charge >= 0.3 is 0 Å². The highest BCUT2D eigenvalue weighted by molar-refractivity contribution is 4.88. The quantitative estimate of drug-likeness (QED) is 0.760. The monoisotopic (exact) mass is 225 g/mol. The molecule has 1 heterocycles. The van der Waals surface area contributed by atoms with E-state index in [2.05, 4.69) is 36.1 Å². The summed E-state index contributed by atoms with van der Waals surface area (Å²) in [4.78, 5) is 5.21. The van der Waals surface area contributed by atoms with Crippen LogP contribution in [0.2, 0.25) is 0 Å². The highest BCUT2D eigenvalue weighted by Crippen LogP contribution is 2.25. The zero-order chi connectivity index (χ0) is 11.5. The Morgan fingerprint density at radius 1 is 1.19 bits per heavy atom. The molecule has 0 aromatic rings. The Hall–Kier alpha value is -0.120. The van der Waals surface area contributed by atoms with Crippen molar-refractivity contribution in [3.05, 3.63) is 0 Å². The van der Waals surface area contributed by atoms with E-state index in [1.54, 1.807) is 0 Å². The second-order valence-corrected chi connectivity index (χ2v) is 5.66. The van der Waals surface area contributed by atoms with Crippen molar-refractivity contribution in [2.45, 2.75) is 50.7 Å². The lowest BCUT2D eigenvalue weighted by atomic mass is 9.89. The minimum absolute atomic E-state index is 0.736. The number of likely N-dealkylation sites (N-methyl/N-ethyl adjacent to an activating group) is 1. The fraction of sp³-hybridized carbons (Fsp3) is 1.00. The largest absolute Gasteiger partial charge is 0.317 e.